The van der Waals surface area contributed by atoms with Crippen molar-refractivity contribution >= 4 is 40.7 Å². The molecule has 4 rings (SSSR count). The molecule has 1 unspecified atom stereocenters. The number of hydrogen-bond donors (Lipinski definition) is 2. The van der Waals surface area contributed by atoms with Crippen LogP contribution < -0.4 is 10.6 Å². The minimum absolute atomic E-state index is 0.0695. The van der Waals surface area contributed by atoms with Gasteiger partial charge in [0.25, 0.3) is 5.91 Å². The van der Waals surface area contributed by atoms with E-state index >= 15 is 0 Å². The monoisotopic (exact) mass is 535 g/mol. The molecule has 37 heavy (non-hydrogen) atoms. The van der Waals surface area contributed by atoms with Crippen LogP contribution in [0.4, 0.5) is 0 Å². The molecule has 190 valence electrons. The largest absolute Gasteiger partial charge is 0.467 e. The minimum atomic E-state index is -0.974. The molecule has 0 bridgehead atoms. The molecular weight excluding hydrogens is 510 g/mol. The average molecular weight is 536 g/mol. The molecule has 4 aromatic rings. The standard InChI is InChI=1S/C28H26ClN3O4S/c1-19-10-12-20(13-11-19)26(28(35)30-16-22-7-4-14-36-22)32(18-21-6-2-3-8-23(21)29)25(33)17-31-27(34)24-9-5-15-37-24/h2-15,26H,16-18H2,1H3,(H,30,35)(H,31,34). The van der Waals surface area contributed by atoms with Crippen LogP contribution in [-0.4, -0.2) is 29.2 Å². The number of halogens is 1. The average Bonchev–Trinajstić information content (AvgIpc) is 3.62. The maximum Gasteiger partial charge on any atom is 0.261 e. The second kappa shape index (κ2) is 12.4. The van der Waals surface area contributed by atoms with Crippen molar-refractivity contribution in [3.8, 4) is 0 Å². The lowest BCUT2D eigenvalue weighted by Crippen LogP contribution is -2.46. The predicted octanol–water partition coefficient (Wildman–Crippen LogP) is 5.12. The Hall–Kier alpha value is -3.88. The Morgan fingerprint density at radius 2 is 1.76 bits per heavy atom. The van der Waals surface area contributed by atoms with Crippen LogP contribution in [0.5, 0.6) is 0 Å². The molecular formula is C28H26ClN3O4S. The van der Waals surface area contributed by atoms with Crippen molar-refractivity contribution in [2.24, 2.45) is 0 Å². The number of rotatable bonds is 10. The van der Waals surface area contributed by atoms with Crippen molar-refractivity contribution in [1.29, 1.82) is 0 Å². The molecule has 0 saturated heterocycles. The van der Waals surface area contributed by atoms with Gasteiger partial charge in [0.15, 0.2) is 0 Å². The van der Waals surface area contributed by atoms with E-state index in [9.17, 15) is 14.4 Å². The summed E-state index contributed by atoms with van der Waals surface area (Å²) in [5.74, 6) is -0.577. The number of carbonyl (C=O) groups excluding carboxylic acids is 3. The van der Waals surface area contributed by atoms with Gasteiger partial charge in [-0.05, 0) is 47.7 Å². The molecule has 0 radical (unpaired) electrons. The van der Waals surface area contributed by atoms with Gasteiger partial charge in [-0.25, -0.2) is 0 Å². The zero-order valence-corrected chi connectivity index (χ0v) is 21.7. The first-order chi connectivity index (χ1) is 17.9. The van der Waals surface area contributed by atoms with E-state index in [-0.39, 0.29) is 31.4 Å². The van der Waals surface area contributed by atoms with Crippen LogP contribution in [-0.2, 0) is 22.7 Å². The summed E-state index contributed by atoms with van der Waals surface area (Å²) < 4.78 is 5.35. The van der Waals surface area contributed by atoms with Gasteiger partial charge in [-0.15, -0.1) is 11.3 Å². The third-order valence-corrected chi connectivity index (χ3v) is 6.97. The molecule has 0 aliphatic heterocycles. The molecule has 0 aliphatic rings. The van der Waals surface area contributed by atoms with Gasteiger partial charge >= 0.3 is 0 Å². The third-order valence-electron chi connectivity index (χ3n) is 5.73. The Morgan fingerprint density at radius 1 is 0.973 bits per heavy atom. The SMILES string of the molecule is Cc1ccc(C(C(=O)NCc2ccco2)N(Cc2ccccc2Cl)C(=O)CNC(=O)c2cccs2)cc1. The summed E-state index contributed by atoms with van der Waals surface area (Å²) in [5, 5.41) is 7.81. The first kappa shape index (κ1) is 26.2. The Balaban J connectivity index is 1.65. The summed E-state index contributed by atoms with van der Waals surface area (Å²) >= 11 is 7.71. The van der Waals surface area contributed by atoms with Crippen LogP contribution in [0.3, 0.4) is 0 Å². The van der Waals surface area contributed by atoms with Crippen LogP contribution in [0.1, 0.15) is 38.2 Å². The molecule has 0 spiro atoms. The van der Waals surface area contributed by atoms with E-state index in [1.807, 2.05) is 37.3 Å². The second-order valence-corrected chi connectivity index (χ2v) is 9.74. The van der Waals surface area contributed by atoms with Crippen molar-refractivity contribution < 1.29 is 18.8 Å². The van der Waals surface area contributed by atoms with E-state index in [2.05, 4.69) is 10.6 Å². The third kappa shape index (κ3) is 6.87. The van der Waals surface area contributed by atoms with Gasteiger partial charge < -0.3 is 20.0 Å². The van der Waals surface area contributed by atoms with Crippen molar-refractivity contribution in [2.45, 2.75) is 26.1 Å². The van der Waals surface area contributed by atoms with Gasteiger partial charge in [0.1, 0.15) is 11.8 Å². The summed E-state index contributed by atoms with van der Waals surface area (Å²) in [7, 11) is 0. The molecule has 7 nitrogen and oxygen atoms in total. The summed E-state index contributed by atoms with van der Waals surface area (Å²) in [6.45, 7) is 1.90. The molecule has 0 fully saturated rings. The first-order valence-corrected chi connectivity index (χ1v) is 12.9. The Bertz CT molecular complexity index is 1340. The summed E-state index contributed by atoms with van der Waals surface area (Å²) in [6, 6.07) is 20.5. The maximum atomic E-state index is 13.6. The van der Waals surface area contributed by atoms with Gasteiger partial charge in [-0.3, -0.25) is 14.4 Å². The first-order valence-electron chi connectivity index (χ1n) is 11.6. The van der Waals surface area contributed by atoms with E-state index in [1.165, 1.54) is 22.5 Å². The van der Waals surface area contributed by atoms with Crippen LogP contribution >= 0.6 is 22.9 Å². The number of nitrogens with zero attached hydrogens (tertiary/aromatic N) is 1. The van der Waals surface area contributed by atoms with Gasteiger partial charge in [0.05, 0.1) is 24.2 Å². The Kier molecular flexibility index (Phi) is 8.77. The Labute approximate surface area is 224 Å². The highest BCUT2D eigenvalue weighted by molar-refractivity contribution is 7.12. The second-order valence-electron chi connectivity index (χ2n) is 8.38. The number of carbonyl (C=O) groups is 3. The number of aryl methyl sites for hydroxylation is 1. The summed E-state index contributed by atoms with van der Waals surface area (Å²) in [6.07, 6.45) is 1.53. The zero-order valence-electron chi connectivity index (χ0n) is 20.1. The maximum absolute atomic E-state index is 13.6. The van der Waals surface area contributed by atoms with E-state index in [0.717, 1.165) is 5.56 Å². The lowest BCUT2D eigenvalue weighted by molar-refractivity contribution is -0.141. The number of amides is 3. The van der Waals surface area contributed by atoms with Gasteiger partial charge in [-0.1, -0.05) is 65.7 Å². The molecule has 3 amide bonds. The highest BCUT2D eigenvalue weighted by Crippen LogP contribution is 2.27. The summed E-state index contributed by atoms with van der Waals surface area (Å²) in [5.41, 5.74) is 2.33. The van der Waals surface area contributed by atoms with Crippen LogP contribution in [0.25, 0.3) is 0 Å². The zero-order chi connectivity index (χ0) is 26.2. The molecule has 1 atom stereocenters. The molecule has 2 aromatic heterocycles. The molecule has 2 N–H and O–H groups in total. The van der Waals surface area contributed by atoms with Gasteiger partial charge in [0, 0.05) is 11.6 Å². The fourth-order valence-corrected chi connectivity index (χ4v) is 4.63. The van der Waals surface area contributed by atoms with Crippen LogP contribution in [0, 0.1) is 6.92 Å². The van der Waals surface area contributed by atoms with Crippen molar-refractivity contribution in [3.63, 3.8) is 0 Å². The minimum Gasteiger partial charge on any atom is -0.467 e. The number of hydrogen-bond acceptors (Lipinski definition) is 5. The quantitative estimate of drug-likeness (QED) is 0.295. The smallest absolute Gasteiger partial charge is 0.261 e. The topological polar surface area (TPSA) is 91.7 Å². The Morgan fingerprint density at radius 3 is 2.43 bits per heavy atom. The van der Waals surface area contributed by atoms with E-state index in [1.54, 1.807) is 47.8 Å². The fourth-order valence-electron chi connectivity index (χ4n) is 3.79. The molecule has 2 heterocycles. The molecule has 0 aliphatic carbocycles. The fraction of sp³-hybridized carbons (Fsp3) is 0.179. The van der Waals surface area contributed by atoms with Gasteiger partial charge in [0.2, 0.25) is 11.8 Å². The molecule has 9 heteroatoms. The molecule has 2 aromatic carbocycles. The van der Waals surface area contributed by atoms with E-state index < -0.39 is 11.9 Å². The highest BCUT2D eigenvalue weighted by Gasteiger charge is 2.32. The van der Waals surface area contributed by atoms with Crippen molar-refractivity contribution in [3.05, 3.63) is 117 Å². The van der Waals surface area contributed by atoms with E-state index in [4.69, 9.17) is 16.0 Å². The lowest BCUT2D eigenvalue weighted by atomic mass is 10.0. The van der Waals surface area contributed by atoms with E-state index in [0.29, 0.717) is 26.8 Å². The number of benzene rings is 2. The normalized spacial score (nSPS) is 11.5. The number of nitrogens with one attached hydrogen (secondary N) is 2. The highest BCUT2D eigenvalue weighted by atomic mass is 35.5. The number of thiophene rings is 1. The van der Waals surface area contributed by atoms with Crippen LogP contribution in [0.2, 0.25) is 5.02 Å². The predicted molar refractivity (Wildman–Crippen MR) is 143 cm³/mol. The lowest BCUT2D eigenvalue weighted by Gasteiger charge is -2.32. The van der Waals surface area contributed by atoms with Crippen molar-refractivity contribution in [1.82, 2.24) is 15.5 Å². The van der Waals surface area contributed by atoms with Gasteiger partial charge in [-0.2, -0.15) is 0 Å². The van der Waals surface area contributed by atoms with Crippen LogP contribution in [0.15, 0.2) is 88.9 Å². The summed E-state index contributed by atoms with van der Waals surface area (Å²) in [4.78, 5) is 41.7. The number of furan rings is 1. The molecule has 0 saturated carbocycles. The van der Waals surface area contributed by atoms with Crippen molar-refractivity contribution in [2.75, 3.05) is 6.54 Å².